The average molecular weight is 277 g/mol. The molecule has 0 saturated carbocycles. The molecule has 2 aliphatic heterocycles. The van der Waals surface area contributed by atoms with Crippen LogP contribution in [0.1, 0.15) is 39.3 Å². The Kier molecular flexibility index (Phi) is 2.84. The second kappa shape index (κ2) is 4.33. The predicted molar refractivity (Wildman–Crippen MR) is 75.5 cm³/mol. The Bertz CT molecular complexity index is 566. The molecule has 0 aliphatic carbocycles. The highest BCUT2D eigenvalue weighted by atomic mass is 16.6. The van der Waals surface area contributed by atoms with Crippen LogP contribution in [0.15, 0.2) is 6.07 Å². The SMILES string of the molecule is CC(C)(C)c1cc([N+](=O)[O-])c2c(n1)OCC1CCCN21. The van der Waals surface area contributed by atoms with Crippen molar-refractivity contribution in [3.8, 4) is 5.88 Å². The van der Waals surface area contributed by atoms with Gasteiger partial charge in [-0.15, -0.1) is 0 Å². The molecule has 0 amide bonds. The van der Waals surface area contributed by atoms with Crippen LogP contribution in [0, 0.1) is 10.1 Å². The fraction of sp³-hybridized carbons (Fsp3) is 0.643. The molecule has 3 rings (SSSR count). The molecule has 6 heteroatoms. The highest BCUT2D eigenvalue weighted by Crippen LogP contribution is 2.44. The van der Waals surface area contributed by atoms with Gasteiger partial charge in [-0.05, 0) is 12.8 Å². The van der Waals surface area contributed by atoms with Gasteiger partial charge in [-0.1, -0.05) is 20.8 Å². The van der Waals surface area contributed by atoms with E-state index in [9.17, 15) is 10.1 Å². The second-order valence-electron chi connectivity index (χ2n) is 6.49. The summed E-state index contributed by atoms with van der Waals surface area (Å²) in [7, 11) is 0. The largest absolute Gasteiger partial charge is 0.474 e. The van der Waals surface area contributed by atoms with E-state index in [1.165, 1.54) is 0 Å². The lowest BCUT2D eigenvalue weighted by Gasteiger charge is -2.33. The molecule has 0 aromatic carbocycles. The summed E-state index contributed by atoms with van der Waals surface area (Å²) in [5.74, 6) is 0.419. The number of aromatic nitrogens is 1. The van der Waals surface area contributed by atoms with Crippen LogP contribution in [0.5, 0.6) is 5.88 Å². The minimum atomic E-state index is -0.320. The summed E-state index contributed by atoms with van der Waals surface area (Å²) in [4.78, 5) is 17.7. The van der Waals surface area contributed by atoms with E-state index in [0.717, 1.165) is 19.4 Å². The fourth-order valence-electron chi connectivity index (χ4n) is 2.87. The molecule has 2 aliphatic rings. The number of anilines is 1. The smallest absolute Gasteiger partial charge is 0.299 e. The first kappa shape index (κ1) is 13.1. The minimum Gasteiger partial charge on any atom is -0.474 e. The quantitative estimate of drug-likeness (QED) is 0.583. The predicted octanol–water partition coefficient (Wildman–Crippen LogP) is 2.65. The van der Waals surface area contributed by atoms with Crippen molar-refractivity contribution in [1.29, 1.82) is 0 Å². The van der Waals surface area contributed by atoms with E-state index < -0.39 is 0 Å². The molecule has 0 spiro atoms. The number of hydrogen-bond donors (Lipinski definition) is 0. The van der Waals surface area contributed by atoms with E-state index in [-0.39, 0.29) is 22.1 Å². The van der Waals surface area contributed by atoms with Gasteiger partial charge in [0.25, 0.3) is 5.69 Å². The Morgan fingerprint density at radius 3 is 2.90 bits per heavy atom. The van der Waals surface area contributed by atoms with Crippen LogP contribution in [-0.4, -0.2) is 29.1 Å². The van der Waals surface area contributed by atoms with E-state index in [1.807, 2.05) is 20.8 Å². The zero-order valence-corrected chi connectivity index (χ0v) is 12.0. The fourth-order valence-corrected chi connectivity index (χ4v) is 2.87. The van der Waals surface area contributed by atoms with Gasteiger partial charge in [-0.3, -0.25) is 10.1 Å². The highest BCUT2D eigenvalue weighted by molar-refractivity contribution is 5.72. The maximum atomic E-state index is 11.4. The molecule has 0 radical (unpaired) electrons. The molecule has 1 fully saturated rings. The Morgan fingerprint density at radius 2 is 2.25 bits per heavy atom. The summed E-state index contributed by atoms with van der Waals surface area (Å²) in [5.41, 5.74) is 1.13. The maximum absolute atomic E-state index is 11.4. The number of ether oxygens (including phenoxy) is 1. The van der Waals surface area contributed by atoms with Gasteiger partial charge in [0.1, 0.15) is 6.61 Å². The Labute approximate surface area is 117 Å². The number of fused-ring (bicyclic) bond motifs is 3. The monoisotopic (exact) mass is 277 g/mol. The van der Waals surface area contributed by atoms with Crippen LogP contribution >= 0.6 is 0 Å². The number of nitro groups is 1. The van der Waals surface area contributed by atoms with Gasteiger partial charge in [0.2, 0.25) is 5.88 Å². The molecular weight excluding hydrogens is 258 g/mol. The number of pyridine rings is 1. The summed E-state index contributed by atoms with van der Waals surface area (Å²) in [6, 6.07) is 1.85. The average Bonchev–Trinajstić information content (AvgIpc) is 2.84. The molecule has 1 aromatic rings. The molecule has 20 heavy (non-hydrogen) atoms. The lowest BCUT2D eigenvalue weighted by atomic mass is 9.91. The van der Waals surface area contributed by atoms with Crippen LogP contribution in [0.3, 0.4) is 0 Å². The molecule has 1 unspecified atom stereocenters. The number of hydrogen-bond acceptors (Lipinski definition) is 5. The second-order valence-corrected chi connectivity index (χ2v) is 6.49. The number of nitrogens with zero attached hydrogens (tertiary/aromatic N) is 3. The normalized spacial score (nSPS) is 21.1. The minimum absolute atomic E-state index is 0.117. The van der Waals surface area contributed by atoms with Crippen LogP contribution in [0.4, 0.5) is 11.4 Å². The van der Waals surface area contributed by atoms with Gasteiger partial charge in [0.15, 0.2) is 5.69 Å². The van der Waals surface area contributed by atoms with Crippen LogP contribution < -0.4 is 9.64 Å². The Balaban J connectivity index is 2.18. The van der Waals surface area contributed by atoms with Crippen molar-refractivity contribution < 1.29 is 9.66 Å². The highest BCUT2D eigenvalue weighted by Gasteiger charge is 2.39. The first-order chi connectivity index (χ1) is 9.38. The summed E-state index contributed by atoms with van der Waals surface area (Å²) in [6.45, 7) is 7.40. The lowest BCUT2D eigenvalue weighted by molar-refractivity contribution is -0.384. The van der Waals surface area contributed by atoms with Gasteiger partial charge in [-0.2, -0.15) is 0 Å². The molecule has 3 heterocycles. The van der Waals surface area contributed by atoms with Crippen molar-refractivity contribution in [3.63, 3.8) is 0 Å². The standard InChI is InChI=1S/C14H19N3O3/c1-14(2,3)11-7-10(17(18)19)12-13(15-11)20-8-9-5-4-6-16(9)12/h7,9H,4-6,8H2,1-3H3. The molecule has 0 bridgehead atoms. The van der Waals surface area contributed by atoms with E-state index >= 15 is 0 Å². The maximum Gasteiger partial charge on any atom is 0.299 e. The van der Waals surface area contributed by atoms with E-state index in [1.54, 1.807) is 6.07 Å². The Morgan fingerprint density at radius 1 is 1.50 bits per heavy atom. The van der Waals surface area contributed by atoms with Crippen molar-refractivity contribution >= 4 is 11.4 Å². The summed E-state index contributed by atoms with van der Waals surface area (Å²) in [6.07, 6.45) is 2.07. The van der Waals surface area contributed by atoms with Crippen molar-refractivity contribution in [2.45, 2.75) is 45.1 Å². The summed E-state index contributed by atoms with van der Waals surface area (Å²) < 4.78 is 5.71. The van der Waals surface area contributed by atoms with Gasteiger partial charge < -0.3 is 9.64 Å². The van der Waals surface area contributed by atoms with Crippen LogP contribution in [-0.2, 0) is 5.41 Å². The van der Waals surface area contributed by atoms with Crippen molar-refractivity contribution in [2.75, 3.05) is 18.1 Å². The molecule has 108 valence electrons. The first-order valence-corrected chi connectivity index (χ1v) is 6.97. The third kappa shape index (κ3) is 1.99. The van der Waals surface area contributed by atoms with Crippen LogP contribution in [0.2, 0.25) is 0 Å². The summed E-state index contributed by atoms with van der Waals surface area (Å²) >= 11 is 0. The topological polar surface area (TPSA) is 68.5 Å². The number of rotatable bonds is 1. The van der Waals surface area contributed by atoms with Crippen molar-refractivity contribution in [1.82, 2.24) is 4.98 Å². The van der Waals surface area contributed by atoms with Crippen molar-refractivity contribution in [3.05, 3.63) is 21.9 Å². The molecular formula is C14H19N3O3. The Hall–Kier alpha value is -1.85. The van der Waals surface area contributed by atoms with Crippen LogP contribution in [0.25, 0.3) is 0 Å². The van der Waals surface area contributed by atoms with E-state index in [2.05, 4.69) is 9.88 Å². The molecule has 1 aromatic heterocycles. The zero-order valence-electron chi connectivity index (χ0n) is 12.0. The first-order valence-electron chi connectivity index (χ1n) is 6.97. The van der Waals surface area contributed by atoms with E-state index in [4.69, 9.17) is 4.74 Å². The van der Waals surface area contributed by atoms with Crippen molar-refractivity contribution in [2.24, 2.45) is 0 Å². The van der Waals surface area contributed by atoms with E-state index in [0.29, 0.717) is 23.9 Å². The molecule has 0 N–H and O–H groups in total. The molecule has 6 nitrogen and oxygen atoms in total. The molecule has 1 atom stereocenters. The third-order valence-electron chi connectivity index (χ3n) is 3.98. The molecule has 1 saturated heterocycles. The van der Waals surface area contributed by atoms with Gasteiger partial charge in [0, 0.05) is 18.0 Å². The van der Waals surface area contributed by atoms with Gasteiger partial charge >= 0.3 is 0 Å². The lowest BCUT2D eigenvalue weighted by Crippen LogP contribution is -2.39. The third-order valence-corrected chi connectivity index (χ3v) is 3.98. The van der Waals surface area contributed by atoms with Gasteiger partial charge in [-0.25, -0.2) is 4.98 Å². The summed E-state index contributed by atoms with van der Waals surface area (Å²) in [5, 5.41) is 11.4. The van der Waals surface area contributed by atoms with Gasteiger partial charge in [0.05, 0.1) is 16.7 Å². The zero-order chi connectivity index (χ0) is 14.5.